The summed E-state index contributed by atoms with van der Waals surface area (Å²) >= 11 is 0. The summed E-state index contributed by atoms with van der Waals surface area (Å²) in [5.41, 5.74) is 9.29. The van der Waals surface area contributed by atoms with E-state index in [4.69, 9.17) is 41.4 Å². The molecule has 0 aliphatic heterocycles. The molecule has 0 unspecified atom stereocenters. The highest BCUT2D eigenvalue weighted by Gasteiger charge is 2.33. The first-order valence-corrected chi connectivity index (χ1v) is 10.6. The van der Waals surface area contributed by atoms with Crippen LogP contribution in [0.4, 0.5) is 4.79 Å². The van der Waals surface area contributed by atoms with Crippen LogP contribution in [0.3, 0.4) is 0 Å². The van der Waals surface area contributed by atoms with E-state index in [2.05, 4.69) is 10.6 Å². The second-order valence-corrected chi connectivity index (χ2v) is 7.82. The smallest absolute Gasteiger partial charge is 0.315 e. The zero-order valence-electron chi connectivity index (χ0n) is 18.4. The van der Waals surface area contributed by atoms with E-state index in [0.717, 1.165) is 0 Å². The van der Waals surface area contributed by atoms with Gasteiger partial charge in [-0.3, -0.25) is 4.79 Å². The zero-order valence-corrected chi connectivity index (χ0v) is 18.4. The number of nitrogens with two attached hydrogens (primary N) is 2. The predicted molar refractivity (Wildman–Crippen MR) is 114 cm³/mol. The Morgan fingerprint density at radius 2 is 1.38 bits per heavy atom. The van der Waals surface area contributed by atoms with Crippen LogP contribution >= 0.6 is 0 Å². The lowest BCUT2D eigenvalue weighted by Crippen LogP contribution is -2.60. The van der Waals surface area contributed by atoms with E-state index < -0.39 is 42.0 Å². The third kappa shape index (κ3) is 13.1. The fraction of sp³-hybridized carbons (Fsp3) is 0.895. The first-order chi connectivity index (χ1) is 15.3. The molecule has 1 atom stereocenters. The Labute approximate surface area is 188 Å². The van der Waals surface area contributed by atoms with Gasteiger partial charge < -0.3 is 57.1 Å². The summed E-state index contributed by atoms with van der Waals surface area (Å²) in [5, 5.41) is 51.8. The van der Waals surface area contributed by atoms with Crippen LogP contribution in [0.2, 0.25) is 0 Å². The molecular formula is C19H40N4O9. The van der Waals surface area contributed by atoms with Gasteiger partial charge in [-0.25, -0.2) is 4.79 Å². The Hall–Kier alpha value is -1.58. The van der Waals surface area contributed by atoms with Crippen molar-refractivity contribution in [2.24, 2.45) is 23.3 Å². The molecule has 32 heavy (non-hydrogen) atoms. The van der Waals surface area contributed by atoms with E-state index in [-0.39, 0.29) is 59.4 Å². The molecule has 0 heterocycles. The van der Waals surface area contributed by atoms with Crippen molar-refractivity contribution in [2.45, 2.75) is 30.8 Å². The van der Waals surface area contributed by atoms with Crippen molar-refractivity contribution in [1.82, 2.24) is 10.6 Å². The lowest BCUT2D eigenvalue weighted by atomic mass is 10.0. The third-order valence-electron chi connectivity index (χ3n) is 4.77. The van der Waals surface area contributed by atoms with E-state index in [0.29, 0.717) is 19.3 Å². The van der Waals surface area contributed by atoms with Crippen LogP contribution < -0.4 is 22.1 Å². The van der Waals surface area contributed by atoms with E-state index in [1.807, 2.05) is 0 Å². The number of carbonyl (C=O) groups excluding carboxylic acids is 2. The number of unbranched alkanes of at least 4 members (excludes halogenated alkanes) is 1. The first-order valence-electron chi connectivity index (χ1n) is 10.6. The largest absolute Gasteiger partial charge is 0.396 e. The Balaban J connectivity index is 4.76. The van der Waals surface area contributed by atoms with Gasteiger partial charge in [-0.2, -0.15) is 0 Å². The van der Waals surface area contributed by atoms with Crippen LogP contribution in [0.25, 0.3) is 0 Å². The normalized spacial score (nSPS) is 12.9. The monoisotopic (exact) mass is 468 g/mol. The number of hydrogen-bond donors (Lipinski definition) is 9. The van der Waals surface area contributed by atoms with E-state index in [1.54, 1.807) is 0 Å². The quantitative estimate of drug-likeness (QED) is 0.0792. The van der Waals surface area contributed by atoms with Gasteiger partial charge in [0.15, 0.2) is 0 Å². The minimum atomic E-state index is -1.34. The van der Waals surface area contributed by atoms with Crippen molar-refractivity contribution in [2.75, 3.05) is 66.0 Å². The molecule has 0 aromatic rings. The van der Waals surface area contributed by atoms with Gasteiger partial charge in [0.1, 0.15) is 5.54 Å². The van der Waals surface area contributed by atoms with Crippen molar-refractivity contribution in [3.05, 3.63) is 0 Å². The Morgan fingerprint density at radius 3 is 1.78 bits per heavy atom. The predicted octanol–water partition coefficient (Wildman–Crippen LogP) is -3.77. The molecule has 190 valence electrons. The standard InChI is InChI=1S/C19H40N4O9/c20-16(17(21)29)3-1-2-4-22-18(30)23-19(11-28,12-31-9-14(5-24)6-25)13-32-10-15(7-26)8-27/h14-16,24-28H,1-13,20H2,(H2,21,29)(H2,22,23,30)/t16-/m1/s1. The van der Waals surface area contributed by atoms with Crippen molar-refractivity contribution in [3.63, 3.8) is 0 Å². The van der Waals surface area contributed by atoms with E-state index in [1.165, 1.54) is 0 Å². The topological polar surface area (TPSA) is 230 Å². The number of aliphatic hydroxyl groups excluding tert-OH is 5. The molecule has 0 rings (SSSR count). The summed E-state index contributed by atoms with van der Waals surface area (Å²) in [6.07, 6.45) is 1.53. The number of urea groups is 1. The van der Waals surface area contributed by atoms with Gasteiger partial charge in [0.2, 0.25) is 5.91 Å². The first kappa shape index (κ1) is 30.4. The molecule has 13 nitrogen and oxygen atoms in total. The molecule has 0 bridgehead atoms. The van der Waals surface area contributed by atoms with Gasteiger partial charge >= 0.3 is 6.03 Å². The maximum atomic E-state index is 12.3. The fourth-order valence-electron chi connectivity index (χ4n) is 2.53. The number of carbonyl (C=O) groups is 2. The van der Waals surface area contributed by atoms with Crippen LogP contribution in [0.15, 0.2) is 0 Å². The number of ether oxygens (including phenoxy) is 2. The Kier molecular flexibility index (Phi) is 17.0. The van der Waals surface area contributed by atoms with Crippen molar-refractivity contribution < 1.29 is 44.6 Å². The Morgan fingerprint density at radius 1 is 0.875 bits per heavy atom. The summed E-state index contributed by atoms with van der Waals surface area (Å²) in [6.45, 7) is -1.78. The number of amides is 3. The third-order valence-corrected chi connectivity index (χ3v) is 4.77. The molecule has 0 aromatic carbocycles. The second kappa shape index (κ2) is 17.9. The molecule has 0 aliphatic rings. The summed E-state index contributed by atoms with van der Waals surface area (Å²) in [4.78, 5) is 23.2. The van der Waals surface area contributed by atoms with Gasteiger partial charge in [-0.15, -0.1) is 0 Å². The average Bonchev–Trinajstić information content (AvgIpc) is 2.78. The number of hydrogen-bond acceptors (Lipinski definition) is 10. The summed E-state index contributed by atoms with van der Waals surface area (Å²) in [6, 6.07) is -1.32. The second-order valence-electron chi connectivity index (χ2n) is 7.82. The van der Waals surface area contributed by atoms with Crippen molar-refractivity contribution >= 4 is 11.9 Å². The number of rotatable bonds is 20. The zero-order chi connectivity index (χ0) is 24.4. The van der Waals surface area contributed by atoms with E-state index >= 15 is 0 Å². The van der Waals surface area contributed by atoms with Crippen molar-refractivity contribution in [3.8, 4) is 0 Å². The van der Waals surface area contributed by atoms with Gasteiger partial charge in [-0.05, 0) is 19.3 Å². The van der Waals surface area contributed by atoms with Gasteiger partial charge in [0.25, 0.3) is 0 Å². The highest BCUT2D eigenvalue weighted by atomic mass is 16.5. The van der Waals surface area contributed by atoms with Crippen LogP contribution in [0.5, 0.6) is 0 Å². The molecule has 0 saturated heterocycles. The number of aliphatic hydroxyl groups is 5. The minimum Gasteiger partial charge on any atom is -0.396 e. The van der Waals surface area contributed by atoms with E-state index in [9.17, 15) is 14.7 Å². The molecular weight excluding hydrogens is 428 g/mol. The van der Waals surface area contributed by atoms with Gasteiger partial charge in [0, 0.05) is 18.4 Å². The average molecular weight is 469 g/mol. The number of nitrogens with one attached hydrogen (secondary N) is 2. The highest BCUT2D eigenvalue weighted by molar-refractivity contribution is 5.79. The molecule has 0 aliphatic carbocycles. The SMILES string of the molecule is NC(=O)[C@H](N)CCCCNC(=O)NC(CO)(COCC(CO)CO)COCC(CO)CO. The summed E-state index contributed by atoms with van der Waals surface area (Å²) in [7, 11) is 0. The molecule has 0 fully saturated rings. The van der Waals surface area contributed by atoms with Gasteiger partial charge in [0.05, 0.1) is 65.5 Å². The molecule has 0 saturated carbocycles. The van der Waals surface area contributed by atoms with Gasteiger partial charge in [-0.1, -0.05) is 0 Å². The lowest BCUT2D eigenvalue weighted by molar-refractivity contribution is -0.119. The minimum absolute atomic E-state index is 0.00588. The lowest BCUT2D eigenvalue weighted by Gasteiger charge is -2.33. The molecule has 0 radical (unpaired) electrons. The van der Waals surface area contributed by atoms with Crippen LogP contribution in [-0.2, 0) is 14.3 Å². The molecule has 0 spiro atoms. The summed E-state index contributed by atoms with van der Waals surface area (Å²) in [5.74, 6) is -1.61. The molecule has 0 aromatic heterocycles. The van der Waals surface area contributed by atoms with Crippen LogP contribution in [0, 0.1) is 11.8 Å². The van der Waals surface area contributed by atoms with Crippen molar-refractivity contribution in [1.29, 1.82) is 0 Å². The molecule has 13 heteroatoms. The van der Waals surface area contributed by atoms with Crippen LogP contribution in [0.1, 0.15) is 19.3 Å². The fourth-order valence-corrected chi connectivity index (χ4v) is 2.53. The van der Waals surface area contributed by atoms with Crippen LogP contribution in [-0.4, -0.2) is 115 Å². The number of primary amides is 1. The maximum Gasteiger partial charge on any atom is 0.315 e. The highest BCUT2D eigenvalue weighted by Crippen LogP contribution is 2.10. The maximum absolute atomic E-state index is 12.3. The molecule has 3 amide bonds. The Bertz CT molecular complexity index is 487. The summed E-state index contributed by atoms with van der Waals surface area (Å²) < 4.78 is 11.0. The molecule has 11 N–H and O–H groups in total.